The van der Waals surface area contributed by atoms with Crippen LogP contribution in [0.2, 0.25) is 0 Å². The van der Waals surface area contributed by atoms with E-state index in [9.17, 15) is 4.79 Å². The number of nitrogen functional groups attached to an aromatic ring is 1. The zero-order valence-electron chi connectivity index (χ0n) is 11.5. The standard InChI is InChI=1S/C14H18N4OS/c1-2-17-9-10(15)13(16-17)14(19)18-7-3-5-11(18)12-6-4-8-20-12/h4,6,8-9,11H,2-3,5,7,15H2,1H3. The van der Waals surface area contributed by atoms with Crippen molar-refractivity contribution in [2.24, 2.45) is 0 Å². The highest BCUT2D eigenvalue weighted by Crippen LogP contribution is 2.35. The van der Waals surface area contributed by atoms with E-state index in [1.807, 2.05) is 17.9 Å². The second-order valence-electron chi connectivity index (χ2n) is 4.96. The van der Waals surface area contributed by atoms with Crippen molar-refractivity contribution in [1.82, 2.24) is 14.7 Å². The maximum atomic E-state index is 12.7. The highest BCUT2D eigenvalue weighted by Gasteiger charge is 2.33. The summed E-state index contributed by atoms with van der Waals surface area (Å²) in [5, 5.41) is 6.34. The third-order valence-electron chi connectivity index (χ3n) is 3.70. The summed E-state index contributed by atoms with van der Waals surface area (Å²) in [5.74, 6) is -0.0504. The number of aromatic nitrogens is 2. The molecule has 2 aromatic rings. The summed E-state index contributed by atoms with van der Waals surface area (Å²) >= 11 is 1.70. The maximum Gasteiger partial charge on any atom is 0.277 e. The molecule has 2 aromatic heterocycles. The van der Waals surface area contributed by atoms with Crippen molar-refractivity contribution in [3.63, 3.8) is 0 Å². The quantitative estimate of drug-likeness (QED) is 0.944. The summed E-state index contributed by atoms with van der Waals surface area (Å²) in [7, 11) is 0. The largest absolute Gasteiger partial charge is 0.396 e. The predicted molar refractivity (Wildman–Crippen MR) is 79.6 cm³/mol. The number of likely N-dealkylation sites (tertiary alicyclic amines) is 1. The number of rotatable bonds is 3. The first-order chi connectivity index (χ1) is 9.70. The van der Waals surface area contributed by atoms with Gasteiger partial charge in [-0.05, 0) is 31.2 Å². The maximum absolute atomic E-state index is 12.7. The number of nitrogens with zero attached hydrogens (tertiary/aromatic N) is 3. The van der Waals surface area contributed by atoms with Gasteiger partial charge in [0.15, 0.2) is 5.69 Å². The molecule has 1 aliphatic rings. The van der Waals surface area contributed by atoms with Crippen LogP contribution in [0.4, 0.5) is 5.69 Å². The number of aryl methyl sites for hydroxylation is 1. The van der Waals surface area contributed by atoms with Crippen LogP contribution >= 0.6 is 11.3 Å². The van der Waals surface area contributed by atoms with Crippen LogP contribution in [-0.2, 0) is 6.54 Å². The molecule has 20 heavy (non-hydrogen) atoms. The molecule has 0 saturated carbocycles. The van der Waals surface area contributed by atoms with E-state index in [0.717, 1.165) is 19.4 Å². The van der Waals surface area contributed by atoms with Crippen molar-refractivity contribution in [3.05, 3.63) is 34.3 Å². The minimum atomic E-state index is -0.0504. The number of carbonyl (C=O) groups is 1. The Morgan fingerprint density at radius 1 is 1.60 bits per heavy atom. The molecule has 1 amide bonds. The fourth-order valence-electron chi connectivity index (χ4n) is 2.69. The topological polar surface area (TPSA) is 64.2 Å². The van der Waals surface area contributed by atoms with Crippen LogP contribution in [0.1, 0.15) is 41.2 Å². The zero-order valence-corrected chi connectivity index (χ0v) is 12.3. The van der Waals surface area contributed by atoms with Gasteiger partial charge < -0.3 is 10.6 Å². The molecule has 1 unspecified atom stereocenters. The third-order valence-corrected chi connectivity index (χ3v) is 4.68. The summed E-state index contributed by atoms with van der Waals surface area (Å²) in [6, 6.07) is 4.30. The Kier molecular flexibility index (Phi) is 3.48. The summed E-state index contributed by atoms with van der Waals surface area (Å²) < 4.78 is 1.71. The molecule has 1 fully saturated rings. The second-order valence-corrected chi connectivity index (χ2v) is 5.94. The first-order valence-electron chi connectivity index (χ1n) is 6.88. The number of thiophene rings is 1. The van der Waals surface area contributed by atoms with Crippen molar-refractivity contribution in [2.75, 3.05) is 12.3 Å². The van der Waals surface area contributed by atoms with Crippen molar-refractivity contribution < 1.29 is 4.79 Å². The third kappa shape index (κ3) is 2.20. The Morgan fingerprint density at radius 2 is 2.45 bits per heavy atom. The highest BCUT2D eigenvalue weighted by atomic mass is 32.1. The molecule has 0 aliphatic carbocycles. The molecule has 0 aromatic carbocycles. The van der Waals surface area contributed by atoms with E-state index < -0.39 is 0 Å². The molecule has 1 aliphatic heterocycles. The van der Waals surface area contributed by atoms with E-state index in [-0.39, 0.29) is 11.9 Å². The van der Waals surface area contributed by atoms with E-state index in [1.165, 1.54) is 4.88 Å². The molecule has 106 valence electrons. The SMILES string of the molecule is CCn1cc(N)c(C(=O)N2CCCC2c2cccs2)n1. The lowest BCUT2D eigenvalue weighted by Crippen LogP contribution is -2.31. The number of nitrogens with two attached hydrogens (primary N) is 1. The minimum absolute atomic E-state index is 0.0504. The molecular formula is C14H18N4OS. The smallest absolute Gasteiger partial charge is 0.277 e. The van der Waals surface area contributed by atoms with E-state index in [4.69, 9.17) is 5.73 Å². The van der Waals surface area contributed by atoms with Crippen molar-refractivity contribution in [1.29, 1.82) is 0 Å². The normalized spacial score (nSPS) is 18.6. The van der Waals surface area contributed by atoms with E-state index >= 15 is 0 Å². The number of hydrogen-bond donors (Lipinski definition) is 1. The van der Waals surface area contributed by atoms with E-state index in [1.54, 1.807) is 22.2 Å². The van der Waals surface area contributed by atoms with Gasteiger partial charge in [0.2, 0.25) is 0 Å². The molecule has 0 spiro atoms. The van der Waals surface area contributed by atoms with Crippen LogP contribution in [-0.4, -0.2) is 27.1 Å². The fraction of sp³-hybridized carbons (Fsp3) is 0.429. The Balaban J connectivity index is 1.87. The van der Waals surface area contributed by atoms with Gasteiger partial charge in [-0.15, -0.1) is 11.3 Å². The Hall–Kier alpha value is -1.82. The second kappa shape index (κ2) is 5.28. The average molecular weight is 290 g/mol. The van der Waals surface area contributed by atoms with Gasteiger partial charge in [0.25, 0.3) is 5.91 Å². The summed E-state index contributed by atoms with van der Waals surface area (Å²) in [4.78, 5) is 15.8. The summed E-state index contributed by atoms with van der Waals surface area (Å²) in [5.41, 5.74) is 6.77. The molecular weight excluding hydrogens is 272 g/mol. The van der Waals surface area contributed by atoms with Crippen LogP contribution in [0.15, 0.2) is 23.7 Å². The molecule has 1 saturated heterocycles. The van der Waals surface area contributed by atoms with Crippen molar-refractivity contribution in [3.8, 4) is 0 Å². The molecule has 1 atom stereocenters. The lowest BCUT2D eigenvalue weighted by molar-refractivity contribution is 0.0732. The van der Waals surface area contributed by atoms with Gasteiger partial charge in [-0.25, -0.2) is 0 Å². The highest BCUT2D eigenvalue weighted by molar-refractivity contribution is 7.10. The van der Waals surface area contributed by atoms with Crippen LogP contribution in [0.3, 0.4) is 0 Å². The Bertz CT molecular complexity index is 605. The predicted octanol–water partition coefficient (Wildman–Crippen LogP) is 2.52. The monoisotopic (exact) mass is 290 g/mol. The number of carbonyl (C=O) groups excluding carboxylic acids is 1. The molecule has 6 heteroatoms. The van der Waals surface area contributed by atoms with Gasteiger partial charge >= 0.3 is 0 Å². The van der Waals surface area contributed by atoms with Crippen LogP contribution < -0.4 is 5.73 Å². The summed E-state index contributed by atoms with van der Waals surface area (Å²) in [6.45, 7) is 3.47. The van der Waals surface area contributed by atoms with Gasteiger partial charge in [-0.1, -0.05) is 6.07 Å². The van der Waals surface area contributed by atoms with Gasteiger partial charge in [0.1, 0.15) is 0 Å². The van der Waals surface area contributed by atoms with Gasteiger partial charge in [-0.2, -0.15) is 5.10 Å². The van der Waals surface area contributed by atoms with Gasteiger partial charge in [-0.3, -0.25) is 9.48 Å². The zero-order chi connectivity index (χ0) is 14.1. The molecule has 0 bridgehead atoms. The Labute approximate surface area is 122 Å². The number of anilines is 1. The van der Waals surface area contributed by atoms with Crippen LogP contribution in [0.5, 0.6) is 0 Å². The molecule has 0 radical (unpaired) electrons. The van der Waals surface area contributed by atoms with Crippen molar-refractivity contribution in [2.45, 2.75) is 32.4 Å². The first kappa shape index (κ1) is 13.2. The molecule has 5 nitrogen and oxygen atoms in total. The molecule has 3 heterocycles. The van der Waals surface area contributed by atoms with E-state index in [2.05, 4.69) is 16.5 Å². The first-order valence-corrected chi connectivity index (χ1v) is 7.76. The molecule has 3 rings (SSSR count). The van der Waals surface area contributed by atoms with Gasteiger partial charge in [0.05, 0.1) is 11.7 Å². The van der Waals surface area contributed by atoms with Crippen molar-refractivity contribution >= 4 is 22.9 Å². The molecule has 2 N–H and O–H groups in total. The minimum Gasteiger partial charge on any atom is -0.396 e. The van der Waals surface area contributed by atoms with Crippen LogP contribution in [0, 0.1) is 0 Å². The fourth-order valence-corrected chi connectivity index (χ4v) is 3.56. The number of amides is 1. The number of hydrogen-bond acceptors (Lipinski definition) is 4. The summed E-state index contributed by atoms with van der Waals surface area (Å²) in [6.07, 6.45) is 3.77. The Morgan fingerprint density at radius 3 is 3.10 bits per heavy atom. The lowest BCUT2D eigenvalue weighted by atomic mass is 10.2. The van der Waals surface area contributed by atoms with Crippen LogP contribution in [0.25, 0.3) is 0 Å². The van der Waals surface area contributed by atoms with E-state index in [0.29, 0.717) is 17.9 Å². The lowest BCUT2D eigenvalue weighted by Gasteiger charge is -2.23. The van der Waals surface area contributed by atoms with Gasteiger partial charge in [0, 0.05) is 24.2 Å². The average Bonchev–Trinajstić information content (AvgIpc) is 3.17.